The van der Waals surface area contributed by atoms with E-state index in [1.54, 1.807) is 6.92 Å². The quantitative estimate of drug-likeness (QED) is 0.703. The van der Waals surface area contributed by atoms with E-state index < -0.39 is 0 Å². The first kappa shape index (κ1) is 21.1. The fraction of sp³-hybridized carbons (Fsp3) is 0.478. The van der Waals surface area contributed by atoms with Crippen LogP contribution < -0.4 is 0 Å². The molecular weight excluding hydrogens is 366 g/mol. The third-order valence-corrected chi connectivity index (χ3v) is 5.76. The van der Waals surface area contributed by atoms with Crippen molar-refractivity contribution in [2.45, 2.75) is 34.2 Å². The summed E-state index contributed by atoms with van der Waals surface area (Å²) < 4.78 is 7.26. The summed E-state index contributed by atoms with van der Waals surface area (Å²) >= 11 is 0. The standard InChI is InChI=1S/C23H31N3O3/c1-5-24-12-14-25(15-13-24)20(27)16-26-18(4)21(23(28)29-6-2)17(3)22(26)19-10-8-7-9-11-19/h7-11H,5-6,12-16H2,1-4H3. The number of likely N-dealkylation sites (N-methyl/N-ethyl adjacent to an activating group) is 1. The van der Waals surface area contributed by atoms with Crippen molar-refractivity contribution in [1.29, 1.82) is 0 Å². The molecule has 0 N–H and O–H groups in total. The minimum Gasteiger partial charge on any atom is -0.462 e. The number of rotatable bonds is 6. The third-order valence-electron chi connectivity index (χ3n) is 5.76. The summed E-state index contributed by atoms with van der Waals surface area (Å²) in [6, 6.07) is 9.92. The van der Waals surface area contributed by atoms with Gasteiger partial charge in [0.1, 0.15) is 6.54 Å². The van der Waals surface area contributed by atoms with E-state index in [4.69, 9.17) is 4.74 Å². The molecule has 0 bridgehead atoms. The SMILES string of the molecule is CCOC(=O)c1c(C)c(-c2ccccc2)n(CC(=O)N2CCN(CC)CC2)c1C. The second-order valence-corrected chi connectivity index (χ2v) is 7.42. The summed E-state index contributed by atoms with van der Waals surface area (Å²) in [6.45, 7) is 12.7. The number of nitrogens with zero attached hydrogens (tertiary/aromatic N) is 3. The summed E-state index contributed by atoms with van der Waals surface area (Å²) in [7, 11) is 0. The smallest absolute Gasteiger partial charge is 0.340 e. The highest BCUT2D eigenvalue weighted by Gasteiger charge is 2.27. The second-order valence-electron chi connectivity index (χ2n) is 7.42. The zero-order valence-corrected chi connectivity index (χ0v) is 17.9. The summed E-state index contributed by atoms with van der Waals surface area (Å²) in [5.41, 5.74) is 4.10. The van der Waals surface area contributed by atoms with Gasteiger partial charge in [-0.25, -0.2) is 4.79 Å². The molecule has 2 heterocycles. The summed E-state index contributed by atoms with van der Waals surface area (Å²) in [4.78, 5) is 30.0. The molecule has 1 aliphatic rings. The van der Waals surface area contributed by atoms with Gasteiger partial charge >= 0.3 is 5.97 Å². The van der Waals surface area contributed by atoms with Crippen molar-refractivity contribution >= 4 is 11.9 Å². The van der Waals surface area contributed by atoms with Crippen molar-refractivity contribution in [3.8, 4) is 11.3 Å². The van der Waals surface area contributed by atoms with Gasteiger partial charge < -0.3 is 19.1 Å². The molecule has 1 amide bonds. The van der Waals surface area contributed by atoms with Crippen molar-refractivity contribution < 1.29 is 14.3 Å². The van der Waals surface area contributed by atoms with Crippen LogP contribution in [0.1, 0.15) is 35.5 Å². The zero-order valence-electron chi connectivity index (χ0n) is 17.9. The van der Waals surface area contributed by atoms with Crippen LogP contribution in [0.3, 0.4) is 0 Å². The molecule has 1 aromatic heterocycles. The van der Waals surface area contributed by atoms with Crippen LogP contribution >= 0.6 is 0 Å². The predicted octanol–water partition coefficient (Wildman–Crippen LogP) is 3.11. The molecule has 3 rings (SSSR count). The van der Waals surface area contributed by atoms with Crippen molar-refractivity contribution in [2.75, 3.05) is 39.3 Å². The fourth-order valence-corrected chi connectivity index (χ4v) is 4.11. The highest BCUT2D eigenvalue weighted by Crippen LogP contribution is 2.32. The number of benzene rings is 1. The van der Waals surface area contributed by atoms with Crippen LogP contribution in [0.15, 0.2) is 30.3 Å². The highest BCUT2D eigenvalue weighted by molar-refractivity contribution is 5.95. The van der Waals surface area contributed by atoms with Gasteiger partial charge in [-0.05, 0) is 38.4 Å². The number of aromatic nitrogens is 1. The normalized spacial score (nSPS) is 14.8. The van der Waals surface area contributed by atoms with Crippen LogP contribution in [-0.4, -0.2) is 65.6 Å². The first-order chi connectivity index (χ1) is 14.0. The topological polar surface area (TPSA) is 54.8 Å². The van der Waals surface area contributed by atoms with Gasteiger partial charge in [0.2, 0.25) is 5.91 Å². The van der Waals surface area contributed by atoms with Gasteiger partial charge in [-0.1, -0.05) is 37.3 Å². The molecule has 1 aliphatic heterocycles. The maximum atomic E-state index is 13.1. The maximum absolute atomic E-state index is 13.1. The first-order valence-electron chi connectivity index (χ1n) is 10.4. The number of carbonyl (C=O) groups is 2. The molecule has 0 spiro atoms. The number of piperazine rings is 1. The molecule has 2 aromatic rings. The van der Waals surface area contributed by atoms with Gasteiger partial charge in [-0.3, -0.25) is 4.79 Å². The Morgan fingerprint density at radius 3 is 2.24 bits per heavy atom. The summed E-state index contributed by atoms with van der Waals surface area (Å²) in [6.07, 6.45) is 0. The Kier molecular flexibility index (Phi) is 6.75. The third kappa shape index (κ3) is 4.37. The van der Waals surface area contributed by atoms with Crippen LogP contribution in [0.25, 0.3) is 11.3 Å². The molecule has 0 unspecified atom stereocenters. The summed E-state index contributed by atoms with van der Waals surface area (Å²) in [5, 5.41) is 0. The van der Waals surface area contributed by atoms with E-state index in [9.17, 15) is 9.59 Å². The van der Waals surface area contributed by atoms with Crippen LogP contribution in [-0.2, 0) is 16.1 Å². The van der Waals surface area contributed by atoms with Crippen molar-refractivity contribution in [3.05, 3.63) is 47.2 Å². The fourth-order valence-electron chi connectivity index (χ4n) is 4.11. The van der Waals surface area contributed by atoms with Gasteiger partial charge in [-0.15, -0.1) is 0 Å². The first-order valence-corrected chi connectivity index (χ1v) is 10.4. The van der Waals surface area contributed by atoms with E-state index >= 15 is 0 Å². The lowest BCUT2D eigenvalue weighted by Gasteiger charge is -2.34. The van der Waals surface area contributed by atoms with Crippen molar-refractivity contribution in [2.24, 2.45) is 0 Å². The van der Waals surface area contributed by atoms with Crippen LogP contribution in [0.2, 0.25) is 0 Å². The number of esters is 1. The van der Waals surface area contributed by atoms with E-state index in [2.05, 4.69) is 11.8 Å². The number of ether oxygens (including phenoxy) is 1. The van der Waals surface area contributed by atoms with Crippen LogP contribution in [0.5, 0.6) is 0 Å². The van der Waals surface area contributed by atoms with Gasteiger partial charge in [-0.2, -0.15) is 0 Å². The molecular formula is C23H31N3O3. The van der Waals surface area contributed by atoms with E-state index in [-0.39, 0.29) is 18.4 Å². The molecule has 29 heavy (non-hydrogen) atoms. The number of hydrogen-bond donors (Lipinski definition) is 0. The molecule has 0 saturated carbocycles. The van der Waals surface area contributed by atoms with Gasteiger partial charge in [0.25, 0.3) is 0 Å². The van der Waals surface area contributed by atoms with Gasteiger partial charge in [0.15, 0.2) is 0 Å². The van der Waals surface area contributed by atoms with Crippen molar-refractivity contribution in [3.63, 3.8) is 0 Å². The molecule has 1 aromatic carbocycles. The van der Waals surface area contributed by atoms with Gasteiger partial charge in [0.05, 0.1) is 17.9 Å². The summed E-state index contributed by atoms with van der Waals surface area (Å²) in [5.74, 6) is -0.242. The number of carbonyl (C=O) groups excluding carboxylic acids is 2. The zero-order chi connectivity index (χ0) is 21.0. The number of amides is 1. The molecule has 0 atom stereocenters. The Labute approximate surface area is 173 Å². The Bertz CT molecular complexity index is 865. The predicted molar refractivity (Wildman–Crippen MR) is 114 cm³/mol. The molecule has 1 fully saturated rings. The molecule has 6 heteroatoms. The molecule has 6 nitrogen and oxygen atoms in total. The number of hydrogen-bond acceptors (Lipinski definition) is 4. The Morgan fingerprint density at radius 1 is 1.00 bits per heavy atom. The minimum absolute atomic E-state index is 0.0893. The van der Waals surface area contributed by atoms with Crippen LogP contribution in [0.4, 0.5) is 0 Å². The molecule has 156 valence electrons. The Hall–Kier alpha value is -2.60. The lowest BCUT2D eigenvalue weighted by molar-refractivity contribution is -0.133. The molecule has 0 aliphatic carbocycles. The minimum atomic E-state index is -0.331. The van der Waals surface area contributed by atoms with E-state index in [1.807, 2.05) is 53.6 Å². The highest BCUT2D eigenvalue weighted by atomic mass is 16.5. The molecule has 1 saturated heterocycles. The lowest BCUT2D eigenvalue weighted by Crippen LogP contribution is -2.49. The lowest BCUT2D eigenvalue weighted by atomic mass is 10.1. The van der Waals surface area contributed by atoms with E-state index in [0.717, 1.165) is 55.2 Å². The second kappa shape index (κ2) is 9.27. The maximum Gasteiger partial charge on any atom is 0.340 e. The van der Waals surface area contributed by atoms with E-state index in [0.29, 0.717) is 12.2 Å². The average Bonchev–Trinajstić information content (AvgIpc) is 2.98. The average molecular weight is 398 g/mol. The largest absolute Gasteiger partial charge is 0.462 e. The monoisotopic (exact) mass is 397 g/mol. The Balaban J connectivity index is 1.95. The van der Waals surface area contributed by atoms with E-state index in [1.165, 1.54) is 0 Å². The van der Waals surface area contributed by atoms with Gasteiger partial charge in [0, 0.05) is 31.9 Å². The van der Waals surface area contributed by atoms with Crippen LogP contribution in [0, 0.1) is 13.8 Å². The Morgan fingerprint density at radius 2 is 1.66 bits per heavy atom. The molecule has 0 radical (unpaired) electrons. The van der Waals surface area contributed by atoms with Crippen molar-refractivity contribution in [1.82, 2.24) is 14.4 Å².